The largest absolute Gasteiger partial charge is 0.350 e. The zero-order chi connectivity index (χ0) is 11.3. The van der Waals surface area contributed by atoms with Crippen molar-refractivity contribution in [2.24, 2.45) is 5.84 Å². The van der Waals surface area contributed by atoms with Gasteiger partial charge < -0.3 is 10.7 Å². The molecule has 0 saturated carbocycles. The number of carbonyl (C=O) groups is 1. The number of pyridine rings is 1. The number of nitrogens with one attached hydrogen (secondary N) is 2. The van der Waals surface area contributed by atoms with Crippen LogP contribution in [0, 0.1) is 0 Å². The Hall–Kier alpha value is -1.62. The van der Waals surface area contributed by atoms with Gasteiger partial charge >= 0.3 is 0 Å². The smallest absolute Gasteiger partial charge is 0.253 e. The van der Waals surface area contributed by atoms with Gasteiger partial charge in [-0.25, -0.2) is 10.8 Å². The molecule has 1 atom stereocenters. The third kappa shape index (κ3) is 3.21. The van der Waals surface area contributed by atoms with Crippen molar-refractivity contribution in [2.75, 3.05) is 5.43 Å². The molecule has 4 N–H and O–H groups in total. The van der Waals surface area contributed by atoms with Crippen molar-refractivity contribution in [3.05, 3.63) is 23.9 Å². The maximum atomic E-state index is 11.6. The zero-order valence-electron chi connectivity index (χ0n) is 8.95. The van der Waals surface area contributed by atoms with E-state index in [1.165, 1.54) is 6.20 Å². The van der Waals surface area contributed by atoms with Gasteiger partial charge in [0, 0.05) is 12.2 Å². The lowest BCUT2D eigenvalue weighted by Crippen LogP contribution is -2.31. The molecule has 1 heterocycles. The van der Waals surface area contributed by atoms with Crippen molar-refractivity contribution < 1.29 is 4.79 Å². The van der Waals surface area contributed by atoms with Gasteiger partial charge in [0.25, 0.3) is 5.91 Å². The topological polar surface area (TPSA) is 80.0 Å². The number of nitrogens with two attached hydrogens (primary N) is 1. The van der Waals surface area contributed by atoms with Crippen molar-refractivity contribution in [1.82, 2.24) is 10.3 Å². The summed E-state index contributed by atoms with van der Waals surface area (Å²) in [5.41, 5.74) is 2.94. The number of rotatable bonds is 4. The van der Waals surface area contributed by atoms with Crippen LogP contribution in [0.5, 0.6) is 0 Å². The van der Waals surface area contributed by atoms with E-state index >= 15 is 0 Å². The molecular formula is C10H16N4O. The van der Waals surface area contributed by atoms with Crippen molar-refractivity contribution in [3.8, 4) is 0 Å². The van der Waals surface area contributed by atoms with Crippen LogP contribution in [0.2, 0.25) is 0 Å². The first-order chi connectivity index (χ1) is 7.17. The normalized spacial score (nSPS) is 11.9. The molecular weight excluding hydrogens is 192 g/mol. The molecule has 1 rings (SSSR count). The van der Waals surface area contributed by atoms with Crippen molar-refractivity contribution in [2.45, 2.75) is 26.3 Å². The maximum Gasteiger partial charge on any atom is 0.253 e. The number of hydrogen-bond donors (Lipinski definition) is 3. The van der Waals surface area contributed by atoms with Crippen LogP contribution in [0.25, 0.3) is 0 Å². The Labute approximate surface area is 89.0 Å². The summed E-state index contributed by atoms with van der Waals surface area (Å²) >= 11 is 0. The highest BCUT2D eigenvalue weighted by atomic mass is 16.1. The van der Waals surface area contributed by atoms with E-state index in [4.69, 9.17) is 5.84 Å². The van der Waals surface area contributed by atoms with Crippen LogP contribution >= 0.6 is 0 Å². The minimum absolute atomic E-state index is 0.111. The number of nitrogen functional groups attached to an aromatic ring is 1. The van der Waals surface area contributed by atoms with E-state index in [9.17, 15) is 4.79 Å². The van der Waals surface area contributed by atoms with Crippen LogP contribution in [0.4, 0.5) is 5.82 Å². The lowest BCUT2D eigenvalue weighted by atomic mass is 10.2. The van der Waals surface area contributed by atoms with Crippen LogP contribution in [-0.4, -0.2) is 16.9 Å². The molecule has 0 spiro atoms. The van der Waals surface area contributed by atoms with E-state index in [0.29, 0.717) is 11.4 Å². The maximum absolute atomic E-state index is 11.6. The minimum Gasteiger partial charge on any atom is -0.350 e. The lowest BCUT2D eigenvalue weighted by Gasteiger charge is -2.11. The summed E-state index contributed by atoms with van der Waals surface area (Å²) in [5, 5.41) is 2.85. The molecule has 1 amide bonds. The molecule has 0 radical (unpaired) electrons. The van der Waals surface area contributed by atoms with Crippen LogP contribution in [0.3, 0.4) is 0 Å². The van der Waals surface area contributed by atoms with Crippen LogP contribution in [0.1, 0.15) is 30.6 Å². The van der Waals surface area contributed by atoms with Crippen molar-refractivity contribution in [3.63, 3.8) is 0 Å². The third-order valence-corrected chi connectivity index (χ3v) is 2.16. The fourth-order valence-electron chi connectivity index (χ4n) is 1.02. The highest BCUT2D eigenvalue weighted by Crippen LogP contribution is 2.03. The molecule has 0 fully saturated rings. The molecule has 1 unspecified atom stereocenters. The van der Waals surface area contributed by atoms with Gasteiger partial charge in [0.15, 0.2) is 0 Å². The Morgan fingerprint density at radius 2 is 2.33 bits per heavy atom. The van der Waals surface area contributed by atoms with E-state index in [-0.39, 0.29) is 11.9 Å². The minimum atomic E-state index is -0.111. The van der Waals surface area contributed by atoms with Crippen molar-refractivity contribution >= 4 is 11.7 Å². The summed E-state index contributed by atoms with van der Waals surface area (Å²) < 4.78 is 0. The summed E-state index contributed by atoms with van der Waals surface area (Å²) in [6, 6.07) is 3.51. The molecule has 1 aromatic heterocycles. The van der Waals surface area contributed by atoms with E-state index in [0.717, 1.165) is 6.42 Å². The second-order valence-corrected chi connectivity index (χ2v) is 3.36. The van der Waals surface area contributed by atoms with E-state index in [2.05, 4.69) is 15.7 Å². The summed E-state index contributed by atoms with van der Waals surface area (Å²) in [6.07, 6.45) is 2.40. The number of hydrazine groups is 1. The van der Waals surface area contributed by atoms with Gasteiger partial charge in [0.2, 0.25) is 0 Å². The number of nitrogens with zero attached hydrogens (tertiary/aromatic N) is 1. The summed E-state index contributed by atoms with van der Waals surface area (Å²) in [4.78, 5) is 15.6. The molecule has 0 bridgehead atoms. The van der Waals surface area contributed by atoms with Gasteiger partial charge in [0.1, 0.15) is 5.82 Å². The molecule has 0 aliphatic carbocycles. The standard InChI is InChI=1S/C10H16N4O/c1-3-7(2)13-10(15)8-4-5-9(14-11)12-6-8/h4-7H,3,11H2,1-2H3,(H,12,14)(H,13,15). The van der Waals surface area contributed by atoms with Gasteiger partial charge in [-0.2, -0.15) is 0 Å². The quantitative estimate of drug-likeness (QED) is 0.507. The molecule has 0 saturated heterocycles. The summed E-state index contributed by atoms with van der Waals surface area (Å²) in [6.45, 7) is 3.98. The molecule has 0 aliphatic rings. The number of amides is 1. The fraction of sp³-hybridized carbons (Fsp3) is 0.400. The molecule has 15 heavy (non-hydrogen) atoms. The molecule has 5 nitrogen and oxygen atoms in total. The molecule has 0 aliphatic heterocycles. The summed E-state index contributed by atoms with van der Waals surface area (Å²) in [7, 11) is 0. The summed E-state index contributed by atoms with van der Waals surface area (Å²) in [5.74, 6) is 5.59. The lowest BCUT2D eigenvalue weighted by molar-refractivity contribution is 0.0939. The van der Waals surface area contributed by atoms with E-state index in [1.807, 2.05) is 13.8 Å². The van der Waals surface area contributed by atoms with Gasteiger partial charge in [-0.1, -0.05) is 6.92 Å². The van der Waals surface area contributed by atoms with Gasteiger partial charge in [-0.3, -0.25) is 4.79 Å². The first-order valence-electron chi connectivity index (χ1n) is 4.91. The highest BCUT2D eigenvalue weighted by molar-refractivity contribution is 5.94. The monoisotopic (exact) mass is 208 g/mol. The third-order valence-electron chi connectivity index (χ3n) is 2.16. The average Bonchev–Trinajstić information content (AvgIpc) is 2.29. The van der Waals surface area contributed by atoms with Crippen LogP contribution < -0.4 is 16.6 Å². The van der Waals surface area contributed by atoms with Gasteiger partial charge in [0.05, 0.1) is 5.56 Å². The van der Waals surface area contributed by atoms with E-state index < -0.39 is 0 Å². The predicted molar refractivity (Wildman–Crippen MR) is 59.3 cm³/mol. The number of carbonyl (C=O) groups excluding carboxylic acids is 1. The zero-order valence-corrected chi connectivity index (χ0v) is 8.95. The molecule has 82 valence electrons. The average molecular weight is 208 g/mol. The number of anilines is 1. The number of aromatic nitrogens is 1. The SMILES string of the molecule is CCC(C)NC(=O)c1ccc(NN)nc1. The second kappa shape index (κ2) is 5.31. The highest BCUT2D eigenvalue weighted by Gasteiger charge is 2.08. The molecule has 1 aromatic rings. The predicted octanol–water partition coefficient (Wildman–Crippen LogP) is 0.895. The van der Waals surface area contributed by atoms with Crippen LogP contribution in [-0.2, 0) is 0 Å². The van der Waals surface area contributed by atoms with E-state index in [1.54, 1.807) is 12.1 Å². The second-order valence-electron chi connectivity index (χ2n) is 3.36. The first-order valence-corrected chi connectivity index (χ1v) is 4.91. The van der Waals surface area contributed by atoms with Gasteiger partial charge in [-0.15, -0.1) is 0 Å². The Morgan fingerprint density at radius 3 is 2.80 bits per heavy atom. The molecule has 5 heteroatoms. The fourth-order valence-corrected chi connectivity index (χ4v) is 1.02. The Morgan fingerprint density at radius 1 is 1.60 bits per heavy atom. The van der Waals surface area contributed by atoms with Gasteiger partial charge in [-0.05, 0) is 25.5 Å². The molecule has 0 aromatic carbocycles. The Balaban J connectivity index is 2.66. The Kier molecular flexibility index (Phi) is 4.05. The van der Waals surface area contributed by atoms with Crippen molar-refractivity contribution in [1.29, 1.82) is 0 Å². The van der Waals surface area contributed by atoms with Crippen LogP contribution in [0.15, 0.2) is 18.3 Å². The number of hydrogen-bond acceptors (Lipinski definition) is 4. The first kappa shape index (κ1) is 11.5. The Bertz CT molecular complexity index is 323.